The minimum Gasteiger partial charge on any atom is -0.265 e. The van der Waals surface area contributed by atoms with Crippen LogP contribution in [-0.4, -0.2) is 6.21 Å². The number of rotatable bonds is 3. The van der Waals surface area contributed by atoms with Gasteiger partial charge in [0.2, 0.25) is 0 Å². The SMILES string of the molecule is CC/C=C\C/C1=C\C=C(/C)c2ccccc2\C=C/C=N\C=C\C(C)C1C. The quantitative estimate of drug-likeness (QED) is 0.511. The number of fused-ring (bicyclic) bond motifs is 1. The van der Waals surface area contributed by atoms with Crippen LogP contribution in [0.3, 0.4) is 0 Å². The van der Waals surface area contributed by atoms with Crippen molar-refractivity contribution in [2.45, 2.75) is 40.5 Å². The Bertz CT molecular complexity index is 756. The van der Waals surface area contributed by atoms with Gasteiger partial charge in [0.15, 0.2) is 0 Å². The Kier molecular flexibility index (Phi) is 8.08. The second-order valence-electron chi connectivity index (χ2n) is 6.91. The van der Waals surface area contributed by atoms with Crippen molar-refractivity contribution in [1.82, 2.24) is 0 Å². The fraction of sp³-hybridized carbons (Fsp3) is 0.320. The van der Waals surface area contributed by atoms with E-state index in [1.807, 2.05) is 18.5 Å². The lowest BCUT2D eigenvalue weighted by Crippen LogP contribution is -2.08. The summed E-state index contributed by atoms with van der Waals surface area (Å²) in [7, 11) is 0. The fourth-order valence-corrected chi connectivity index (χ4v) is 3.05. The maximum atomic E-state index is 4.40. The summed E-state index contributed by atoms with van der Waals surface area (Å²) in [5.74, 6) is 0.919. The Balaban J connectivity index is 2.48. The minimum atomic E-state index is 0.446. The summed E-state index contributed by atoms with van der Waals surface area (Å²) in [6.45, 7) is 8.95. The molecule has 0 bridgehead atoms. The molecule has 0 aliphatic carbocycles. The highest BCUT2D eigenvalue weighted by atomic mass is 14.7. The van der Waals surface area contributed by atoms with Gasteiger partial charge in [-0.15, -0.1) is 0 Å². The van der Waals surface area contributed by atoms with Gasteiger partial charge in [-0.25, -0.2) is 0 Å². The first kappa shape index (κ1) is 19.9. The molecule has 0 N–H and O–H groups in total. The smallest absolute Gasteiger partial charge is 0.0267 e. The van der Waals surface area contributed by atoms with Gasteiger partial charge in [-0.2, -0.15) is 0 Å². The predicted molar refractivity (Wildman–Crippen MR) is 117 cm³/mol. The molecule has 1 aromatic carbocycles. The Morgan fingerprint density at radius 1 is 1.08 bits per heavy atom. The van der Waals surface area contributed by atoms with Crippen LogP contribution in [0.5, 0.6) is 0 Å². The average Bonchev–Trinajstić information content (AvgIpc) is 2.66. The van der Waals surface area contributed by atoms with E-state index in [1.165, 1.54) is 22.3 Å². The summed E-state index contributed by atoms with van der Waals surface area (Å²) in [4.78, 5) is 4.40. The molecule has 0 saturated carbocycles. The lowest BCUT2D eigenvalue weighted by molar-refractivity contribution is 0.521. The summed E-state index contributed by atoms with van der Waals surface area (Å²) >= 11 is 0. The van der Waals surface area contributed by atoms with Crippen molar-refractivity contribution >= 4 is 17.9 Å². The third-order valence-corrected chi connectivity index (χ3v) is 4.99. The molecule has 2 rings (SSSR count). The highest BCUT2D eigenvalue weighted by Crippen LogP contribution is 2.27. The second kappa shape index (κ2) is 10.6. The maximum Gasteiger partial charge on any atom is 0.0267 e. The molecule has 1 aliphatic heterocycles. The van der Waals surface area contributed by atoms with Crippen LogP contribution < -0.4 is 0 Å². The standard InChI is InChI=1S/C25H31N/c1-5-6-7-11-23-16-15-21(3)25-14-9-8-12-24(25)13-10-18-26-19-17-20(2)22(23)4/h6-10,12-20,22H,5,11H2,1-4H3/b7-6-,13-10-,19-17+,21-15+,23-16+,26-18-. The summed E-state index contributed by atoms with van der Waals surface area (Å²) in [6, 6.07) is 8.52. The van der Waals surface area contributed by atoms with Crippen molar-refractivity contribution in [3.05, 3.63) is 83.6 Å². The molecule has 1 aliphatic rings. The van der Waals surface area contributed by atoms with Gasteiger partial charge >= 0.3 is 0 Å². The molecule has 1 heterocycles. The van der Waals surface area contributed by atoms with Crippen LogP contribution in [0.4, 0.5) is 0 Å². The number of hydrogen-bond acceptors (Lipinski definition) is 1. The zero-order chi connectivity index (χ0) is 18.8. The van der Waals surface area contributed by atoms with Gasteiger partial charge in [-0.05, 0) is 54.4 Å². The van der Waals surface area contributed by atoms with E-state index in [2.05, 4.69) is 93.4 Å². The van der Waals surface area contributed by atoms with Crippen molar-refractivity contribution < 1.29 is 0 Å². The summed E-state index contributed by atoms with van der Waals surface area (Å²) < 4.78 is 0. The number of allylic oxidation sites excluding steroid dienone is 8. The van der Waals surface area contributed by atoms with E-state index in [0.29, 0.717) is 11.8 Å². The topological polar surface area (TPSA) is 12.4 Å². The molecular formula is C25H31N. The van der Waals surface area contributed by atoms with E-state index < -0.39 is 0 Å². The van der Waals surface area contributed by atoms with Gasteiger partial charge in [-0.1, -0.05) is 87.1 Å². The lowest BCUT2D eigenvalue weighted by Gasteiger charge is -2.19. The van der Waals surface area contributed by atoms with Crippen molar-refractivity contribution in [2.24, 2.45) is 16.8 Å². The van der Waals surface area contributed by atoms with E-state index in [0.717, 1.165) is 12.8 Å². The molecule has 0 aromatic heterocycles. The van der Waals surface area contributed by atoms with Crippen LogP contribution in [0.1, 0.15) is 51.7 Å². The molecule has 1 heteroatoms. The number of benzene rings is 1. The number of aliphatic imine (C=N–C) groups is 1. The zero-order valence-electron chi connectivity index (χ0n) is 16.5. The summed E-state index contributed by atoms with van der Waals surface area (Å²) in [5.41, 5.74) is 5.23. The molecule has 0 fully saturated rings. The molecule has 1 aromatic rings. The van der Waals surface area contributed by atoms with Crippen LogP contribution in [-0.2, 0) is 0 Å². The Morgan fingerprint density at radius 2 is 1.88 bits per heavy atom. The van der Waals surface area contributed by atoms with E-state index in [-0.39, 0.29) is 0 Å². The second-order valence-corrected chi connectivity index (χ2v) is 6.91. The van der Waals surface area contributed by atoms with Crippen LogP contribution in [0.15, 0.2) is 77.5 Å². The van der Waals surface area contributed by atoms with Gasteiger partial charge < -0.3 is 0 Å². The van der Waals surface area contributed by atoms with Crippen LogP contribution in [0, 0.1) is 11.8 Å². The Hall–Kier alpha value is -2.41. The van der Waals surface area contributed by atoms with Crippen LogP contribution >= 0.6 is 0 Å². The van der Waals surface area contributed by atoms with Crippen molar-refractivity contribution in [1.29, 1.82) is 0 Å². The molecule has 0 radical (unpaired) electrons. The van der Waals surface area contributed by atoms with Crippen molar-refractivity contribution in [2.75, 3.05) is 0 Å². The summed E-state index contributed by atoms with van der Waals surface area (Å²) in [6.07, 6.45) is 21.3. The van der Waals surface area contributed by atoms with Crippen LogP contribution in [0.25, 0.3) is 11.6 Å². The molecule has 2 atom stereocenters. The number of hydrogen-bond donors (Lipinski definition) is 0. The number of nitrogens with zero attached hydrogens (tertiary/aromatic N) is 1. The van der Waals surface area contributed by atoms with Crippen molar-refractivity contribution in [3.63, 3.8) is 0 Å². The maximum absolute atomic E-state index is 4.40. The third kappa shape index (κ3) is 5.84. The molecule has 0 amide bonds. The molecule has 1 nitrogen and oxygen atoms in total. The highest BCUT2D eigenvalue weighted by molar-refractivity contribution is 5.82. The van der Waals surface area contributed by atoms with Gasteiger partial charge in [0.1, 0.15) is 0 Å². The first-order valence-electron chi connectivity index (χ1n) is 9.61. The van der Waals surface area contributed by atoms with Gasteiger partial charge in [0.25, 0.3) is 0 Å². The largest absolute Gasteiger partial charge is 0.265 e. The van der Waals surface area contributed by atoms with Crippen LogP contribution in [0.2, 0.25) is 0 Å². The zero-order valence-corrected chi connectivity index (χ0v) is 16.5. The average molecular weight is 346 g/mol. The fourth-order valence-electron chi connectivity index (χ4n) is 3.05. The molecule has 26 heavy (non-hydrogen) atoms. The molecule has 0 saturated heterocycles. The first-order chi connectivity index (χ1) is 12.6. The molecule has 0 spiro atoms. The third-order valence-electron chi connectivity index (χ3n) is 4.99. The predicted octanol–water partition coefficient (Wildman–Crippen LogP) is 7.26. The first-order valence-corrected chi connectivity index (χ1v) is 9.61. The normalized spacial score (nSPS) is 28.9. The minimum absolute atomic E-state index is 0.446. The van der Waals surface area contributed by atoms with E-state index in [9.17, 15) is 0 Å². The Labute approximate surface area is 159 Å². The van der Waals surface area contributed by atoms with Crippen molar-refractivity contribution in [3.8, 4) is 0 Å². The van der Waals surface area contributed by atoms with E-state index in [1.54, 1.807) is 0 Å². The highest BCUT2D eigenvalue weighted by Gasteiger charge is 2.13. The Morgan fingerprint density at radius 3 is 2.69 bits per heavy atom. The molecular weight excluding hydrogens is 314 g/mol. The molecule has 136 valence electrons. The van der Waals surface area contributed by atoms with E-state index in [4.69, 9.17) is 0 Å². The van der Waals surface area contributed by atoms with E-state index >= 15 is 0 Å². The van der Waals surface area contributed by atoms with Gasteiger partial charge in [-0.3, -0.25) is 4.99 Å². The van der Waals surface area contributed by atoms with Gasteiger partial charge in [0.05, 0.1) is 0 Å². The van der Waals surface area contributed by atoms with Gasteiger partial charge in [0, 0.05) is 12.4 Å². The molecule has 2 unspecified atom stereocenters. The summed E-state index contributed by atoms with van der Waals surface area (Å²) in [5, 5.41) is 0. The lowest BCUT2D eigenvalue weighted by atomic mass is 9.86. The monoisotopic (exact) mass is 345 g/mol.